The Kier molecular flexibility index (Phi) is 34.8. The van der Waals surface area contributed by atoms with Crippen molar-refractivity contribution in [2.24, 2.45) is 0 Å². The van der Waals surface area contributed by atoms with Crippen LogP contribution in [0.3, 0.4) is 0 Å². The lowest BCUT2D eigenvalue weighted by molar-refractivity contribution is -0.293. The molecule has 0 bridgehead atoms. The van der Waals surface area contributed by atoms with Gasteiger partial charge in [-0.2, -0.15) is 37.9 Å². The molecule has 23 heteroatoms. The highest BCUT2D eigenvalue weighted by molar-refractivity contribution is 8.76. The van der Waals surface area contributed by atoms with Gasteiger partial charge in [0.1, 0.15) is 36.6 Å². The van der Waals surface area contributed by atoms with Crippen molar-refractivity contribution in [2.45, 2.75) is 171 Å². The Morgan fingerprint density at radius 3 is 1.03 bits per heavy atom. The summed E-state index contributed by atoms with van der Waals surface area (Å²) in [6, 6.07) is 0. The van der Waals surface area contributed by atoms with Crippen LogP contribution in [-0.4, -0.2) is 192 Å². The minimum atomic E-state index is -1.21. The third kappa shape index (κ3) is 20.8. The Balaban J connectivity index is 0.000000868. The van der Waals surface area contributed by atoms with Gasteiger partial charge in [0.05, 0.1) is 18.3 Å². The van der Waals surface area contributed by atoms with Crippen molar-refractivity contribution >= 4 is 77.4 Å². The maximum absolute atomic E-state index is 11.8. The Morgan fingerprint density at radius 2 is 0.803 bits per heavy atom. The largest absolute Gasteiger partial charge is 0.456 e. The second kappa shape index (κ2) is 34.9. The van der Waals surface area contributed by atoms with Gasteiger partial charge in [0.2, 0.25) is 0 Å². The average Bonchev–Trinajstić information content (AvgIpc) is 3.26. The normalized spacial score (nSPS) is 33.3. The van der Waals surface area contributed by atoms with E-state index in [1.54, 1.807) is 27.8 Å². The zero-order chi connectivity index (χ0) is 46.7. The fourth-order valence-electron chi connectivity index (χ4n) is 6.16. The highest BCUT2D eigenvalue weighted by Gasteiger charge is 2.48. The van der Waals surface area contributed by atoms with E-state index in [0.717, 1.165) is 5.75 Å². The molecule has 362 valence electrons. The SMILES string of the molecule is CCC1O[C@H](OC)C(O)[C@@H](OC(=O)CCCS)[C@@H]1O.CCC1O[C@H](OC)C(O)[C@@H](OC(=O)CCCS)[C@@H]1O.CCC1O[C@H](OC)C(O)[C@@H](OC(=O)CCCSSC)[C@@H]1O.CS. The third-order valence-corrected chi connectivity index (χ3v) is 12.0. The van der Waals surface area contributed by atoms with Gasteiger partial charge >= 0.3 is 17.9 Å². The van der Waals surface area contributed by atoms with Gasteiger partial charge in [0, 0.05) is 46.3 Å². The Hall–Kier alpha value is -0.320. The number of carbonyl (C=O) groups excluding carboxylic acids is 3. The number of hydrogen-bond donors (Lipinski definition) is 9. The summed E-state index contributed by atoms with van der Waals surface area (Å²) in [7, 11) is 7.50. The number of aliphatic hydroxyl groups excluding tert-OH is 6. The van der Waals surface area contributed by atoms with Crippen molar-refractivity contribution in [3.05, 3.63) is 0 Å². The Morgan fingerprint density at radius 1 is 0.525 bits per heavy atom. The molecule has 0 amide bonds. The first-order valence-electron chi connectivity index (χ1n) is 20.2. The summed E-state index contributed by atoms with van der Waals surface area (Å²) in [5, 5.41) is 60.3. The number of carbonyl (C=O) groups is 3. The molecular weight excluding hydrogens is 905 g/mol. The van der Waals surface area contributed by atoms with Crippen LogP contribution < -0.4 is 0 Å². The van der Waals surface area contributed by atoms with Crippen molar-refractivity contribution in [3.8, 4) is 0 Å². The van der Waals surface area contributed by atoms with Crippen molar-refractivity contribution < 1.29 is 87.7 Å². The zero-order valence-corrected chi connectivity index (χ0v) is 40.7. The van der Waals surface area contributed by atoms with E-state index in [-0.39, 0.29) is 19.3 Å². The molecule has 0 aromatic heterocycles. The first-order valence-corrected chi connectivity index (χ1v) is 25.1. The quantitative estimate of drug-likeness (QED) is 0.0278. The number of thiol groups is 3. The van der Waals surface area contributed by atoms with E-state index in [9.17, 15) is 45.0 Å². The smallest absolute Gasteiger partial charge is 0.306 e. The molecular formula is C38H72O18S5. The summed E-state index contributed by atoms with van der Waals surface area (Å²) in [6.45, 7) is 5.51. The van der Waals surface area contributed by atoms with Gasteiger partial charge < -0.3 is 73.3 Å². The number of methoxy groups -OCH3 is 3. The summed E-state index contributed by atoms with van der Waals surface area (Å²) in [4.78, 5) is 35.0. The monoisotopic (exact) mass is 976 g/mol. The number of aliphatic hydroxyl groups is 6. The molecule has 6 unspecified atom stereocenters. The van der Waals surface area contributed by atoms with Crippen LogP contribution in [0.4, 0.5) is 0 Å². The molecule has 3 aliphatic heterocycles. The van der Waals surface area contributed by atoms with Gasteiger partial charge in [-0.25, -0.2) is 0 Å². The molecule has 0 aromatic rings. The van der Waals surface area contributed by atoms with E-state index < -0.39 is 110 Å². The minimum absolute atomic E-state index is 0.203. The summed E-state index contributed by atoms with van der Waals surface area (Å²) in [5.74, 6) is 0.644. The lowest BCUT2D eigenvalue weighted by atomic mass is 9.97. The minimum Gasteiger partial charge on any atom is -0.456 e. The first kappa shape index (κ1) is 60.7. The van der Waals surface area contributed by atoms with E-state index >= 15 is 0 Å². The molecule has 0 aliphatic carbocycles. The maximum Gasteiger partial charge on any atom is 0.306 e. The molecule has 15 atom stereocenters. The van der Waals surface area contributed by atoms with Crippen LogP contribution in [-0.2, 0) is 57.0 Å². The standard InChI is InChI=1S/C13H24O6S2.2C12H22O6S.CH4S/c1-4-8-10(15)12(11(16)13(17-2)18-8)19-9(14)6-5-7-21-20-3;2*1-3-7-9(14)11(10(15)12(16-2)17-7)18-8(13)5-4-6-19;1-2/h8,10-13,15-16H,4-7H2,1-3H3;2*7,9-12,14-15,19H,3-6H2,1-2H3;2H,1H3/t8?,10-,11?,12+,13+;2*7?,9-,10?,11+,12+;/m111./s1. The van der Waals surface area contributed by atoms with E-state index in [1.165, 1.54) is 21.3 Å². The second-order valence-corrected chi connectivity index (χ2v) is 17.2. The third-order valence-electron chi connectivity index (χ3n) is 9.44. The summed E-state index contributed by atoms with van der Waals surface area (Å²) < 4.78 is 46.7. The van der Waals surface area contributed by atoms with Gasteiger partial charge in [-0.3, -0.25) is 14.4 Å². The predicted octanol–water partition coefficient (Wildman–Crippen LogP) is 1.96. The number of ether oxygens (including phenoxy) is 9. The van der Waals surface area contributed by atoms with Gasteiger partial charge in [-0.15, -0.1) is 0 Å². The zero-order valence-electron chi connectivity index (χ0n) is 36.4. The fraction of sp³-hybridized carbons (Fsp3) is 0.921. The highest BCUT2D eigenvalue weighted by Crippen LogP contribution is 2.29. The molecule has 18 nitrogen and oxygen atoms in total. The Labute approximate surface area is 385 Å². The van der Waals surface area contributed by atoms with E-state index in [1.807, 2.05) is 27.0 Å². The molecule has 3 saturated heterocycles. The van der Waals surface area contributed by atoms with Crippen molar-refractivity contribution in [2.75, 3.05) is 51.1 Å². The number of hydrogen-bond acceptors (Lipinski definition) is 23. The fourth-order valence-corrected chi connectivity index (χ4v) is 7.76. The topological polar surface area (TPSA) is 256 Å². The van der Waals surface area contributed by atoms with Gasteiger partial charge in [0.15, 0.2) is 37.2 Å². The van der Waals surface area contributed by atoms with E-state index in [0.29, 0.717) is 50.0 Å². The highest BCUT2D eigenvalue weighted by atomic mass is 33.1. The van der Waals surface area contributed by atoms with Crippen LogP contribution >= 0.6 is 59.5 Å². The van der Waals surface area contributed by atoms with Gasteiger partial charge in [-0.1, -0.05) is 42.4 Å². The average molecular weight is 977 g/mol. The number of rotatable bonds is 20. The maximum atomic E-state index is 11.8. The van der Waals surface area contributed by atoms with E-state index in [2.05, 4.69) is 37.9 Å². The summed E-state index contributed by atoms with van der Waals surface area (Å²) in [5.41, 5.74) is 0. The summed E-state index contributed by atoms with van der Waals surface area (Å²) >= 11 is 11.5. The molecule has 3 heterocycles. The van der Waals surface area contributed by atoms with E-state index in [4.69, 9.17) is 42.6 Å². The van der Waals surface area contributed by atoms with Crippen LogP contribution in [0.5, 0.6) is 0 Å². The number of esters is 3. The molecule has 3 rings (SSSR count). The lowest BCUT2D eigenvalue weighted by Crippen LogP contribution is -2.59. The molecule has 3 fully saturated rings. The molecule has 6 N–H and O–H groups in total. The Bertz CT molecular complexity index is 1070. The van der Waals surface area contributed by atoms with Gasteiger partial charge in [0.25, 0.3) is 0 Å². The van der Waals surface area contributed by atoms with Crippen molar-refractivity contribution in [3.63, 3.8) is 0 Å². The van der Waals surface area contributed by atoms with Crippen LogP contribution in [0, 0.1) is 0 Å². The van der Waals surface area contributed by atoms with Crippen molar-refractivity contribution in [1.82, 2.24) is 0 Å². The van der Waals surface area contributed by atoms with Crippen LogP contribution in [0.2, 0.25) is 0 Å². The predicted molar refractivity (Wildman–Crippen MR) is 240 cm³/mol. The molecule has 0 aromatic carbocycles. The van der Waals surface area contributed by atoms with Crippen LogP contribution in [0.15, 0.2) is 0 Å². The lowest BCUT2D eigenvalue weighted by Gasteiger charge is -2.41. The molecule has 61 heavy (non-hydrogen) atoms. The molecule has 3 aliphatic rings. The molecule has 0 spiro atoms. The summed E-state index contributed by atoms with van der Waals surface area (Å²) in [6.07, 6.45) is -6.37. The van der Waals surface area contributed by atoms with Crippen LogP contribution in [0.25, 0.3) is 0 Å². The first-order chi connectivity index (χ1) is 29.1. The van der Waals surface area contributed by atoms with Crippen LogP contribution in [0.1, 0.15) is 78.6 Å². The molecule has 0 saturated carbocycles. The second-order valence-electron chi connectivity index (χ2n) is 13.6. The van der Waals surface area contributed by atoms with Crippen molar-refractivity contribution in [1.29, 1.82) is 0 Å². The molecule has 0 radical (unpaired) electrons. The van der Waals surface area contributed by atoms with Gasteiger partial charge in [-0.05, 0) is 62.5 Å².